The van der Waals surface area contributed by atoms with E-state index in [1.54, 1.807) is 12.5 Å². The molecule has 6 nitrogen and oxygen atoms in total. The summed E-state index contributed by atoms with van der Waals surface area (Å²) in [6.45, 7) is 3.24. The van der Waals surface area contributed by atoms with Gasteiger partial charge in [0.05, 0.1) is 6.33 Å². The second-order valence-electron chi connectivity index (χ2n) is 6.18. The highest BCUT2D eigenvalue weighted by Crippen LogP contribution is 2.22. The number of rotatable bonds is 5. The zero-order chi connectivity index (χ0) is 15.4. The quantitative estimate of drug-likeness (QED) is 0.823. The number of hydrogen-bond acceptors (Lipinski definition) is 3. The summed E-state index contributed by atoms with van der Waals surface area (Å²) in [5, 5.41) is 0. The molecule has 2 amide bonds. The van der Waals surface area contributed by atoms with E-state index in [4.69, 9.17) is 0 Å². The lowest BCUT2D eigenvalue weighted by Crippen LogP contribution is -2.46. The number of likely N-dealkylation sites (tertiary alicyclic amines) is 2. The highest BCUT2D eigenvalue weighted by molar-refractivity contribution is 5.88. The Kier molecular flexibility index (Phi) is 4.75. The van der Waals surface area contributed by atoms with Crippen LogP contribution in [-0.2, 0) is 16.1 Å². The van der Waals surface area contributed by atoms with Gasteiger partial charge in [0.15, 0.2) is 0 Å². The maximum Gasteiger partial charge on any atom is 0.245 e. The van der Waals surface area contributed by atoms with Crippen LogP contribution in [0.3, 0.4) is 0 Å². The number of aryl methyl sites for hydroxylation is 1. The van der Waals surface area contributed by atoms with Gasteiger partial charge < -0.3 is 14.4 Å². The number of amides is 2. The number of hydrogen-bond donors (Lipinski definition) is 0. The Morgan fingerprint density at radius 3 is 2.68 bits per heavy atom. The molecular weight excluding hydrogens is 280 g/mol. The van der Waals surface area contributed by atoms with Crippen LogP contribution in [0.4, 0.5) is 0 Å². The van der Waals surface area contributed by atoms with E-state index in [0.29, 0.717) is 6.42 Å². The second kappa shape index (κ2) is 6.94. The Morgan fingerprint density at radius 2 is 1.95 bits per heavy atom. The number of carbonyl (C=O) groups excluding carboxylic acids is 2. The molecule has 0 radical (unpaired) electrons. The first-order valence-electron chi connectivity index (χ1n) is 8.30. The summed E-state index contributed by atoms with van der Waals surface area (Å²) in [4.78, 5) is 32.7. The molecule has 0 bridgehead atoms. The number of imidazole rings is 1. The van der Waals surface area contributed by atoms with Crippen molar-refractivity contribution in [1.82, 2.24) is 19.4 Å². The average molecular weight is 304 g/mol. The third-order valence-electron chi connectivity index (χ3n) is 4.64. The SMILES string of the molecule is O=C([C@@H]1CCCN1C(=O)CCCn1ccnc1)N1CCCC1. The lowest BCUT2D eigenvalue weighted by atomic mass is 10.2. The predicted octanol–water partition coefficient (Wildman–Crippen LogP) is 1.28. The van der Waals surface area contributed by atoms with Crippen LogP contribution in [0.25, 0.3) is 0 Å². The number of carbonyl (C=O) groups is 2. The minimum absolute atomic E-state index is 0.121. The van der Waals surface area contributed by atoms with Crippen molar-refractivity contribution in [1.29, 1.82) is 0 Å². The van der Waals surface area contributed by atoms with Gasteiger partial charge in [0.2, 0.25) is 11.8 Å². The van der Waals surface area contributed by atoms with Gasteiger partial charge in [0.1, 0.15) is 6.04 Å². The van der Waals surface area contributed by atoms with E-state index < -0.39 is 0 Å². The monoisotopic (exact) mass is 304 g/mol. The largest absolute Gasteiger partial charge is 0.341 e. The van der Waals surface area contributed by atoms with Crippen LogP contribution >= 0.6 is 0 Å². The molecular formula is C16H24N4O2. The van der Waals surface area contributed by atoms with E-state index in [1.165, 1.54) is 0 Å². The van der Waals surface area contributed by atoms with Crippen LogP contribution in [-0.4, -0.2) is 56.8 Å². The fourth-order valence-electron chi connectivity index (χ4n) is 3.45. The molecule has 3 heterocycles. The standard InChI is InChI=1S/C16H24N4O2/c21-15(6-4-8-18-12-7-17-13-18)20-11-3-5-14(20)16(22)19-9-1-2-10-19/h7,12-14H,1-6,8-11H2/t14-/m0/s1. The molecule has 2 aliphatic heterocycles. The molecule has 6 heteroatoms. The van der Waals surface area contributed by atoms with Crippen LogP contribution in [0, 0.1) is 0 Å². The van der Waals surface area contributed by atoms with Crippen LogP contribution in [0.1, 0.15) is 38.5 Å². The first-order valence-corrected chi connectivity index (χ1v) is 8.30. The summed E-state index contributed by atoms with van der Waals surface area (Å²) in [6.07, 6.45) is 10.7. The Morgan fingerprint density at radius 1 is 1.14 bits per heavy atom. The topological polar surface area (TPSA) is 58.4 Å². The highest BCUT2D eigenvalue weighted by atomic mass is 16.2. The smallest absolute Gasteiger partial charge is 0.245 e. The maximum atomic E-state index is 12.5. The van der Waals surface area contributed by atoms with Gasteiger partial charge in [-0.3, -0.25) is 9.59 Å². The Hall–Kier alpha value is -1.85. The molecule has 2 aliphatic rings. The molecule has 2 fully saturated rings. The van der Waals surface area contributed by atoms with Crippen LogP contribution in [0.15, 0.2) is 18.7 Å². The van der Waals surface area contributed by atoms with E-state index in [1.807, 2.05) is 20.6 Å². The van der Waals surface area contributed by atoms with Gasteiger partial charge in [-0.25, -0.2) is 4.98 Å². The van der Waals surface area contributed by atoms with Crippen molar-refractivity contribution in [3.05, 3.63) is 18.7 Å². The molecule has 0 spiro atoms. The van der Waals surface area contributed by atoms with Gasteiger partial charge >= 0.3 is 0 Å². The van der Waals surface area contributed by atoms with Gasteiger partial charge in [0, 0.05) is 45.0 Å². The lowest BCUT2D eigenvalue weighted by molar-refractivity contribution is -0.143. The van der Waals surface area contributed by atoms with Crippen molar-refractivity contribution in [2.45, 2.75) is 51.1 Å². The van der Waals surface area contributed by atoms with Crippen molar-refractivity contribution in [3.63, 3.8) is 0 Å². The van der Waals surface area contributed by atoms with Gasteiger partial charge in [-0.1, -0.05) is 0 Å². The van der Waals surface area contributed by atoms with Gasteiger partial charge in [-0.2, -0.15) is 0 Å². The van der Waals surface area contributed by atoms with Crippen LogP contribution < -0.4 is 0 Å². The van der Waals surface area contributed by atoms with Crippen LogP contribution in [0.5, 0.6) is 0 Å². The summed E-state index contributed by atoms with van der Waals surface area (Å²) in [5.74, 6) is 0.285. The molecule has 0 N–H and O–H groups in total. The molecule has 0 unspecified atom stereocenters. The molecule has 0 saturated carbocycles. The molecule has 2 saturated heterocycles. The molecule has 120 valence electrons. The van der Waals surface area contributed by atoms with E-state index in [0.717, 1.165) is 58.3 Å². The van der Waals surface area contributed by atoms with Crippen molar-refractivity contribution in [2.24, 2.45) is 0 Å². The third kappa shape index (κ3) is 3.31. The van der Waals surface area contributed by atoms with E-state index in [9.17, 15) is 9.59 Å². The first kappa shape index (κ1) is 15.1. The molecule has 0 aliphatic carbocycles. The van der Waals surface area contributed by atoms with Gasteiger partial charge in [-0.05, 0) is 32.1 Å². The van der Waals surface area contributed by atoms with Crippen molar-refractivity contribution in [2.75, 3.05) is 19.6 Å². The van der Waals surface area contributed by atoms with Crippen LogP contribution in [0.2, 0.25) is 0 Å². The second-order valence-corrected chi connectivity index (χ2v) is 6.18. The summed E-state index contributed by atoms with van der Waals surface area (Å²) in [5.41, 5.74) is 0. The highest BCUT2D eigenvalue weighted by Gasteiger charge is 2.36. The van der Waals surface area contributed by atoms with E-state index in [2.05, 4.69) is 4.98 Å². The van der Waals surface area contributed by atoms with E-state index in [-0.39, 0.29) is 17.9 Å². The summed E-state index contributed by atoms with van der Waals surface area (Å²) < 4.78 is 1.98. The van der Waals surface area contributed by atoms with Crippen molar-refractivity contribution < 1.29 is 9.59 Å². The first-order chi connectivity index (χ1) is 10.8. The summed E-state index contributed by atoms with van der Waals surface area (Å²) in [7, 11) is 0. The Labute approximate surface area is 131 Å². The molecule has 3 rings (SSSR count). The molecule has 1 atom stereocenters. The Bertz CT molecular complexity index is 508. The zero-order valence-corrected chi connectivity index (χ0v) is 13.0. The lowest BCUT2D eigenvalue weighted by Gasteiger charge is -2.27. The number of nitrogens with zero attached hydrogens (tertiary/aromatic N) is 4. The van der Waals surface area contributed by atoms with Crippen molar-refractivity contribution >= 4 is 11.8 Å². The Balaban J connectivity index is 1.50. The zero-order valence-electron chi connectivity index (χ0n) is 13.0. The van der Waals surface area contributed by atoms with E-state index >= 15 is 0 Å². The van der Waals surface area contributed by atoms with Gasteiger partial charge in [-0.15, -0.1) is 0 Å². The minimum Gasteiger partial charge on any atom is -0.341 e. The minimum atomic E-state index is -0.209. The predicted molar refractivity (Wildman–Crippen MR) is 82.0 cm³/mol. The average Bonchev–Trinajstić information content (AvgIpc) is 3.26. The molecule has 1 aromatic heterocycles. The van der Waals surface area contributed by atoms with Gasteiger partial charge in [0.25, 0.3) is 0 Å². The molecule has 22 heavy (non-hydrogen) atoms. The third-order valence-corrected chi connectivity index (χ3v) is 4.64. The fourth-order valence-corrected chi connectivity index (χ4v) is 3.45. The van der Waals surface area contributed by atoms with Crippen molar-refractivity contribution in [3.8, 4) is 0 Å². The molecule has 0 aromatic carbocycles. The maximum absolute atomic E-state index is 12.5. The fraction of sp³-hybridized carbons (Fsp3) is 0.688. The summed E-state index contributed by atoms with van der Waals surface area (Å²) >= 11 is 0. The normalized spacial score (nSPS) is 21.5. The summed E-state index contributed by atoms with van der Waals surface area (Å²) in [6, 6.07) is -0.209. The molecule has 1 aromatic rings. The number of aromatic nitrogens is 2.